The van der Waals surface area contributed by atoms with E-state index < -0.39 is 22.7 Å². The molecule has 0 saturated heterocycles. The average Bonchev–Trinajstić information content (AvgIpc) is 3.41. The highest BCUT2D eigenvalue weighted by molar-refractivity contribution is 5.96. The molecule has 0 aliphatic rings. The molecule has 2 aromatic heterocycles. The van der Waals surface area contributed by atoms with Gasteiger partial charge in [-0.3, -0.25) is 14.4 Å². The number of carbonyl (C=O) groups excluding carboxylic acids is 2. The zero-order valence-corrected chi connectivity index (χ0v) is 23.5. The lowest BCUT2D eigenvalue weighted by molar-refractivity contribution is 0.0599. The molecule has 1 amide bonds. The van der Waals surface area contributed by atoms with Crippen LogP contribution in [-0.2, 0) is 11.3 Å². The molecule has 0 fully saturated rings. The van der Waals surface area contributed by atoms with E-state index >= 15 is 0 Å². The topological polar surface area (TPSA) is 247 Å². The number of methoxy groups -OCH3 is 1. The van der Waals surface area contributed by atoms with E-state index in [1.54, 1.807) is 36.4 Å². The molecule has 15 heteroatoms. The molecule has 15 nitrogen and oxygen atoms in total. The number of rotatable bonds is 8. The Morgan fingerprint density at radius 1 is 1.02 bits per heavy atom. The van der Waals surface area contributed by atoms with Crippen LogP contribution in [0.2, 0.25) is 0 Å². The smallest absolute Gasteiger partial charge is 0.354 e. The van der Waals surface area contributed by atoms with E-state index in [0.29, 0.717) is 16.8 Å². The second-order valence-electron chi connectivity index (χ2n) is 9.53. The Morgan fingerprint density at radius 2 is 1.71 bits per heavy atom. The number of carbonyl (C=O) groups is 3. The Balaban J connectivity index is 0.000000333. The van der Waals surface area contributed by atoms with Crippen molar-refractivity contribution >= 4 is 46.4 Å². The summed E-state index contributed by atoms with van der Waals surface area (Å²) in [5.41, 5.74) is 17.7. The van der Waals surface area contributed by atoms with Crippen LogP contribution in [0.1, 0.15) is 62.9 Å². The molecule has 9 N–H and O–H groups in total. The summed E-state index contributed by atoms with van der Waals surface area (Å²) in [6.07, 6.45) is 0. The monoisotopic (exact) mass is 616 g/mol. The van der Waals surface area contributed by atoms with Gasteiger partial charge in [0.1, 0.15) is 22.9 Å². The van der Waals surface area contributed by atoms with Gasteiger partial charge in [0.25, 0.3) is 16.8 Å². The zero-order valence-electron chi connectivity index (χ0n) is 23.5. The highest BCUT2D eigenvalue weighted by Crippen LogP contribution is 2.19. The number of nitrogen functional groups attached to an aromatic ring is 2. The summed E-state index contributed by atoms with van der Waals surface area (Å²) in [5.74, 6) is -2.15. The SMILES string of the molecule is C.COC(=O)c1ccc([C@@H](C)N)cc1.Nc1cc2nc(C(=O)NCc3cccc(Nc4c(N)c(=O)c4=O)c3)cc(C(=O)O)n2n1. The molecule has 1 atom stereocenters. The Bertz CT molecular complexity index is 1940. The molecule has 3 aromatic carbocycles. The van der Waals surface area contributed by atoms with Gasteiger partial charge in [-0.15, -0.1) is 5.10 Å². The van der Waals surface area contributed by atoms with E-state index in [4.69, 9.17) is 17.2 Å². The molecule has 5 rings (SSSR count). The molecule has 234 valence electrons. The second-order valence-corrected chi connectivity index (χ2v) is 9.53. The largest absolute Gasteiger partial charge is 0.477 e. The maximum atomic E-state index is 12.5. The fourth-order valence-corrected chi connectivity index (χ4v) is 4.01. The van der Waals surface area contributed by atoms with E-state index in [-0.39, 0.29) is 60.2 Å². The van der Waals surface area contributed by atoms with Crippen molar-refractivity contribution < 1.29 is 24.2 Å². The van der Waals surface area contributed by atoms with Gasteiger partial charge < -0.3 is 37.7 Å². The fraction of sp³-hybridized carbons (Fsp3) is 0.167. The van der Waals surface area contributed by atoms with Crippen LogP contribution < -0.4 is 38.7 Å². The first-order valence-electron chi connectivity index (χ1n) is 13.0. The van der Waals surface area contributed by atoms with Gasteiger partial charge in [0.2, 0.25) is 0 Å². The number of nitrogens with one attached hydrogen (secondary N) is 2. The van der Waals surface area contributed by atoms with Gasteiger partial charge in [-0.1, -0.05) is 31.7 Å². The number of aromatic nitrogens is 3. The van der Waals surface area contributed by atoms with Crippen LogP contribution in [-0.4, -0.2) is 44.7 Å². The van der Waals surface area contributed by atoms with Crippen LogP contribution in [0.5, 0.6) is 0 Å². The molecule has 0 aliphatic carbocycles. The number of nitrogens with zero attached hydrogens (tertiary/aromatic N) is 3. The lowest BCUT2D eigenvalue weighted by Gasteiger charge is -2.11. The van der Waals surface area contributed by atoms with Crippen LogP contribution >= 0.6 is 0 Å². The molecule has 0 bridgehead atoms. The number of benzene rings is 2. The molecular weight excluding hydrogens is 584 g/mol. The van der Waals surface area contributed by atoms with E-state index in [0.717, 1.165) is 16.1 Å². The molecule has 2 heterocycles. The highest BCUT2D eigenvalue weighted by atomic mass is 16.5. The number of ether oxygens (including phenoxy) is 1. The molecule has 45 heavy (non-hydrogen) atoms. The molecule has 0 radical (unpaired) electrons. The summed E-state index contributed by atoms with van der Waals surface area (Å²) in [6, 6.07) is 16.3. The quantitative estimate of drug-likeness (QED) is 0.108. The van der Waals surface area contributed by atoms with Gasteiger partial charge in [-0.2, -0.15) is 0 Å². The van der Waals surface area contributed by atoms with Crippen LogP contribution in [0.25, 0.3) is 5.65 Å². The predicted octanol–water partition coefficient (Wildman–Crippen LogP) is 1.99. The van der Waals surface area contributed by atoms with Gasteiger partial charge in [0.05, 0.1) is 12.7 Å². The first-order valence-corrected chi connectivity index (χ1v) is 13.0. The number of hydrogen-bond acceptors (Lipinski definition) is 12. The van der Waals surface area contributed by atoms with E-state index in [2.05, 4.69) is 25.5 Å². The van der Waals surface area contributed by atoms with Crippen molar-refractivity contribution in [2.45, 2.75) is 26.9 Å². The molecular formula is C30H32N8O7. The lowest BCUT2D eigenvalue weighted by atomic mass is 10.1. The van der Waals surface area contributed by atoms with Crippen LogP contribution in [0.3, 0.4) is 0 Å². The van der Waals surface area contributed by atoms with Crippen molar-refractivity contribution in [3.63, 3.8) is 0 Å². The maximum absolute atomic E-state index is 12.5. The summed E-state index contributed by atoms with van der Waals surface area (Å²) < 4.78 is 5.60. The predicted molar refractivity (Wildman–Crippen MR) is 168 cm³/mol. The van der Waals surface area contributed by atoms with Gasteiger partial charge in [-0.05, 0) is 42.3 Å². The number of esters is 1. The van der Waals surface area contributed by atoms with E-state index in [1.165, 1.54) is 13.2 Å². The summed E-state index contributed by atoms with van der Waals surface area (Å²) in [6.45, 7) is 1.99. The number of hydrogen-bond donors (Lipinski definition) is 6. The van der Waals surface area contributed by atoms with Crippen LogP contribution in [0, 0.1) is 0 Å². The summed E-state index contributed by atoms with van der Waals surface area (Å²) in [7, 11) is 1.36. The van der Waals surface area contributed by atoms with Crippen molar-refractivity contribution in [2.75, 3.05) is 23.9 Å². The van der Waals surface area contributed by atoms with Crippen molar-refractivity contribution in [3.05, 3.63) is 109 Å². The molecule has 0 unspecified atom stereocenters. The Morgan fingerprint density at radius 3 is 2.31 bits per heavy atom. The summed E-state index contributed by atoms with van der Waals surface area (Å²) in [5, 5.41) is 18.6. The molecule has 0 aliphatic heterocycles. The third-order valence-corrected chi connectivity index (χ3v) is 6.35. The fourth-order valence-electron chi connectivity index (χ4n) is 4.01. The number of nitrogens with two attached hydrogens (primary N) is 3. The van der Waals surface area contributed by atoms with Crippen molar-refractivity contribution in [2.24, 2.45) is 5.73 Å². The van der Waals surface area contributed by atoms with Gasteiger partial charge in [0.15, 0.2) is 11.3 Å². The first kappa shape index (κ1) is 33.4. The van der Waals surface area contributed by atoms with Crippen LogP contribution in [0.15, 0.2) is 70.3 Å². The second kappa shape index (κ2) is 13.9. The highest BCUT2D eigenvalue weighted by Gasteiger charge is 2.19. The number of carboxylic acid groups (broad SMARTS) is 1. The Labute approximate surface area is 256 Å². The maximum Gasteiger partial charge on any atom is 0.354 e. The van der Waals surface area contributed by atoms with Crippen molar-refractivity contribution in [1.82, 2.24) is 19.9 Å². The number of carboxylic acids is 1. The minimum Gasteiger partial charge on any atom is -0.477 e. The third-order valence-electron chi connectivity index (χ3n) is 6.35. The number of fused-ring (bicyclic) bond motifs is 1. The Hall–Kier alpha value is -6.09. The van der Waals surface area contributed by atoms with Crippen LogP contribution in [0.4, 0.5) is 22.9 Å². The van der Waals surface area contributed by atoms with E-state index in [9.17, 15) is 29.1 Å². The number of aromatic carboxylic acids is 1. The molecule has 5 aromatic rings. The number of amides is 1. The molecule has 0 spiro atoms. The molecule has 0 saturated carbocycles. The van der Waals surface area contributed by atoms with Gasteiger partial charge >= 0.3 is 11.9 Å². The van der Waals surface area contributed by atoms with Gasteiger partial charge in [-0.25, -0.2) is 19.1 Å². The normalized spacial score (nSPS) is 11.1. The lowest BCUT2D eigenvalue weighted by Crippen LogP contribution is -2.36. The minimum atomic E-state index is -1.29. The average molecular weight is 617 g/mol. The summed E-state index contributed by atoms with van der Waals surface area (Å²) in [4.78, 5) is 61.9. The van der Waals surface area contributed by atoms with E-state index in [1.807, 2.05) is 19.1 Å². The van der Waals surface area contributed by atoms with Crippen molar-refractivity contribution in [1.29, 1.82) is 0 Å². The number of anilines is 4. The minimum absolute atomic E-state index is 0. The zero-order chi connectivity index (χ0) is 32.1. The Kier molecular flexibility index (Phi) is 10.3. The third kappa shape index (κ3) is 7.47. The standard InChI is InChI=1S/C19H15N7O5.C10H13NO2.CH4/c20-12-6-13-24-10(5-11(19(30)31)26(13)25-12)18(29)22-7-8-2-1-3-9(4-8)23-15-14(21)16(27)17(15)28;1-7(11)8-3-5-9(6-4-8)10(12)13-2;/h1-6,23H,7,21H2,(H2,20,25)(H,22,29)(H,30,31);3-7H,11H2,1-2H3;1H4/t;7-;/m.1./s1. The van der Waals surface area contributed by atoms with Crippen molar-refractivity contribution in [3.8, 4) is 0 Å². The summed E-state index contributed by atoms with van der Waals surface area (Å²) >= 11 is 0. The first-order chi connectivity index (χ1) is 20.9. The van der Waals surface area contributed by atoms with Gasteiger partial charge in [0, 0.05) is 30.4 Å².